The average Bonchev–Trinajstić information content (AvgIpc) is 2.27. The smallest absolute Gasteiger partial charge is 0.324 e. The highest BCUT2D eigenvalue weighted by molar-refractivity contribution is 8.14. The molecule has 0 saturated heterocycles. The molecular formula is C10H19O8P2S+. The van der Waals surface area contributed by atoms with E-state index >= 15 is 0 Å². The van der Waals surface area contributed by atoms with Crippen LogP contribution in [-0.2, 0) is 14.2 Å². The van der Waals surface area contributed by atoms with Crippen molar-refractivity contribution in [3.05, 3.63) is 0 Å². The highest BCUT2D eigenvalue weighted by atomic mass is 32.2. The number of carbonyl (C=O) groups excluding carboxylic acids is 2. The van der Waals surface area contributed by atoms with Crippen LogP contribution in [0.5, 0.6) is 0 Å². The molecule has 1 fully saturated rings. The van der Waals surface area contributed by atoms with Gasteiger partial charge in [0.2, 0.25) is 0 Å². The van der Waals surface area contributed by atoms with Crippen molar-refractivity contribution in [3.63, 3.8) is 0 Å². The van der Waals surface area contributed by atoms with Crippen molar-refractivity contribution in [2.45, 2.75) is 43.5 Å². The molecule has 3 unspecified atom stereocenters. The normalized spacial score (nSPS) is 25.4. The quantitative estimate of drug-likeness (QED) is 0.444. The minimum Gasteiger partial charge on any atom is -0.324 e. The first-order valence-corrected chi connectivity index (χ1v) is 10.5. The Kier molecular flexibility index (Phi) is 6.54. The maximum atomic E-state index is 11.9. The molecule has 0 aliphatic heterocycles. The summed E-state index contributed by atoms with van der Waals surface area (Å²) in [5.74, 6) is -0.883. The van der Waals surface area contributed by atoms with E-state index in [0.29, 0.717) is 12.8 Å². The van der Waals surface area contributed by atoms with Crippen LogP contribution in [0, 0.1) is 5.92 Å². The molecule has 5 N–H and O–H groups in total. The van der Waals surface area contributed by atoms with Crippen LogP contribution in [0.4, 0.5) is 0 Å². The molecule has 3 atom stereocenters. The van der Waals surface area contributed by atoms with E-state index in [1.165, 1.54) is 6.92 Å². The molecule has 1 aliphatic rings. The SMILES string of the molecule is CC(=O)SC1CCCCC1C(C(=O)[P+](O)(O)O)P(=O)(O)O. The van der Waals surface area contributed by atoms with Crippen LogP contribution >= 0.6 is 27.3 Å². The van der Waals surface area contributed by atoms with E-state index in [-0.39, 0.29) is 11.5 Å². The summed E-state index contributed by atoms with van der Waals surface area (Å²) in [6.07, 6.45) is 2.12. The Balaban J connectivity index is 3.14. The minimum absolute atomic E-state index is 0.248. The highest BCUT2D eigenvalue weighted by Gasteiger charge is 2.58. The molecule has 0 aromatic heterocycles. The molecule has 11 heteroatoms. The zero-order chi connectivity index (χ0) is 16.4. The van der Waals surface area contributed by atoms with E-state index in [0.717, 1.165) is 18.2 Å². The second kappa shape index (κ2) is 7.15. The standard InChI is InChI=1S/C10H18O8P2S/c1-6(11)21-8-5-3-2-4-7(8)9(19(13,14)15)10(12)20(16,17)18/h7-9,16-18H,2-5H2,1H3,(H-,13,14,15)/p+1. The molecule has 0 aromatic rings. The van der Waals surface area contributed by atoms with Crippen LogP contribution in [0.15, 0.2) is 0 Å². The summed E-state index contributed by atoms with van der Waals surface area (Å²) in [7, 11) is -10.0. The molecule has 0 amide bonds. The van der Waals surface area contributed by atoms with Gasteiger partial charge < -0.3 is 9.79 Å². The molecule has 0 radical (unpaired) electrons. The predicted octanol–water partition coefficient (Wildman–Crippen LogP) is 0.637. The molecule has 0 bridgehead atoms. The van der Waals surface area contributed by atoms with Crippen LogP contribution in [0.2, 0.25) is 0 Å². The first-order chi connectivity index (χ1) is 9.44. The fourth-order valence-corrected chi connectivity index (χ4v) is 6.50. The molecular weight excluding hydrogens is 342 g/mol. The lowest BCUT2D eigenvalue weighted by Gasteiger charge is -2.34. The Bertz CT molecular complexity index is 456. The van der Waals surface area contributed by atoms with Gasteiger partial charge in [0.05, 0.1) is 0 Å². The Morgan fingerprint density at radius 1 is 1.19 bits per heavy atom. The third-order valence-electron chi connectivity index (χ3n) is 3.39. The van der Waals surface area contributed by atoms with E-state index < -0.39 is 37.9 Å². The molecule has 1 aliphatic carbocycles. The first-order valence-electron chi connectivity index (χ1n) is 6.28. The topological polar surface area (TPSA) is 152 Å². The maximum absolute atomic E-state index is 11.9. The van der Waals surface area contributed by atoms with Gasteiger partial charge in [-0.3, -0.25) is 9.36 Å². The van der Waals surface area contributed by atoms with Crippen LogP contribution in [0.3, 0.4) is 0 Å². The summed E-state index contributed by atoms with van der Waals surface area (Å²) in [5, 5.41) is -0.744. The number of thioether (sulfide) groups is 1. The molecule has 122 valence electrons. The average molecular weight is 361 g/mol. The van der Waals surface area contributed by atoms with Crippen LogP contribution in [-0.4, -0.2) is 46.0 Å². The largest absolute Gasteiger partial charge is 0.479 e. The first kappa shape index (κ1) is 19.2. The van der Waals surface area contributed by atoms with E-state index in [9.17, 15) is 23.9 Å². The summed E-state index contributed by atoms with van der Waals surface area (Å²) in [6.45, 7) is 1.31. The van der Waals surface area contributed by atoms with Gasteiger partial charge in [-0.15, -0.1) is 0 Å². The van der Waals surface area contributed by atoms with E-state index in [2.05, 4.69) is 0 Å². The van der Waals surface area contributed by atoms with Crippen molar-refractivity contribution in [2.24, 2.45) is 5.92 Å². The minimum atomic E-state index is -5.01. The van der Waals surface area contributed by atoms with Crippen LogP contribution < -0.4 is 0 Å². The lowest BCUT2D eigenvalue weighted by atomic mass is 9.86. The summed E-state index contributed by atoms with van der Waals surface area (Å²) in [4.78, 5) is 69.1. The van der Waals surface area contributed by atoms with E-state index in [1.807, 2.05) is 0 Å². The summed E-state index contributed by atoms with van der Waals surface area (Å²) in [6, 6.07) is 0. The summed E-state index contributed by atoms with van der Waals surface area (Å²) < 4.78 is 11.6. The second-order valence-electron chi connectivity index (χ2n) is 5.04. The number of hydrogen-bond donors (Lipinski definition) is 5. The Hall–Kier alpha value is 0.150. The van der Waals surface area contributed by atoms with Gasteiger partial charge in [-0.25, -0.2) is 4.79 Å². The van der Waals surface area contributed by atoms with Crippen molar-refractivity contribution in [1.82, 2.24) is 0 Å². The molecule has 21 heavy (non-hydrogen) atoms. The Morgan fingerprint density at radius 2 is 1.71 bits per heavy atom. The Morgan fingerprint density at radius 3 is 2.14 bits per heavy atom. The van der Waals surface area contributed by atoms with Gasteiger partial charge in [0.15, 0.2) is 10.8 Å². The van der Waals surface area contributed by atoms with Crippen molar-refractivity contribution in [1.29, 1.82) is 0 Å². The third-order valence-corrected chi connectivity index (χ3v) is 7.02. The van der Waals surface area contributed by atoms with Gasteiger partial charge in [-0.1, -0.05) is 24.6 Å². The van der Waals surface area contributed by atoms with Gasteiger partial charge in [0.25, 0.3) is 0 Å². The van der Waals surface area contributed by atoms with Gasteiger partial charge >= 0.3 is 21.1 Å². The van der Waals surface area contributed by atoms with E-state index in [1.54, 1.807) is 0 Å². The van der Waals surface area contributed by atoms with Crippen molar-refractivity contribution in [3.8, 4) is 0 Å². The van der Waals surface area contributed by atoms with Gasteiger partial charge in [0, 0.05) is 12.2 Å². The zero-order valence-electron chi connectivity index (χ0n) is 11.3. The van der Waals surface area contributed by atoms with Gasteiger partial charge in [-0.2, -0.15) is 14.7 Å². The van der Waals surface area contributed by atoms with Crippen molar-refractivity contribution < 1.29 is 38.6 Å². The highest BCUT2D eigenvalue weighted by Crippen LogP contribution is 2.59. The summed E-state index contributed by atoms with van der Waals surface area (Å²) in [5.41, 5.74) is -3.63. The van der Waals surface area contributed by atoms with Crippen molar-refractivity contribution >= 4 is 37.9 Å². The van der Waals surface area contributed by atoms with E-state index in [4.69, 9.17) is 14.7 Å². The number of hydrogen-bond acceptors (Lipinski definition) is 7. The number of rotatable bonds is 5. The fraction of sp³-hybridized carbons (Fsp3) is 0.800. The lowest BCUT2D eigenvalue weighted by molar-refractivity contribution is -0.115. The number of carbonyl (C=O) groups is 2. The van der Waals surface area contributed by atoms with Gasteiger partial charge in [-0.05, 0) is 18.8 Å². The maximum Gasteiger partial charge on any atom is 0.479 e. The molecule has 0 spiro atoms. The molecule has 0 heterocycles. The summed E-state index contributed by atoms with van der Waals surface area (Å²) >= 11 is 0.889. The predicted molar refractivity (Wildman–Crippen MR) is 78.4 cm³/mol. The Labute approximate surface area is 126 Å². The molecule has 0 aromatic carbocycles. The van der Waals surface area contributed by atoms with Gasteiger partial charge in [0.1, 0.15) is 0 Å². The second-order valence-corrected chi connectivity index (χ2v) is 9.76. The monoisotopic (exact) mass is 361 g/mol. The molecule has 8 nitrogen and oxygen atoms in total. The van der Waals surface area contributed by atoms with Crippen LogP contribution in [0.1, 0.15) is 32.6 Å². The molecule has 1 saturated carbocycles. The third kappa shape index (κ3) is 5.37. The van der Waals surface area contributed by atoms with Crippen molar-refractivity contribution in [2.75, 3.05) is 0 Å². The molecule has 1 rings (SSSR count). The zero-order valence-corrected chi connectivity index (χ0v) is 13.9. The fourth-order valence-electron chi connectivity index (χ4n) is 2.60. The van der Waals surface area contributed by atoms with Crippen LogP contribution in [0.25, 0.3) is 0 Å². The lowest BCUT2D eigenvalue weighted by Crippen LogP contribution is -2.39.